The van der Waals surface area contributed by atoms with Crippen molar-refractivity contribution in [2.45, 2.75) is 17.6 Å². The minimum absolute atomic E-state index is 0.178. The van der Waals surface area contributed by atoms with E-state index in [1.807, 2.05) is 0 Å². The van der Waals surface area contributed by atoms with Crippen LogP contribution in [0.15, 0.2) is 10.3 Å². The second kappa shape index (κ2) is 3.84. The predicted molar refractivity (Wildman–Crippen MR) is 53.4 cm³/mol. The summed E-state index contributed by atoms with van der Waals surface area (Å²) in [5.41, 5.74) is -0.184. The maximum absolute atomic E-state index is 10.9. The van der Waals surface area contributed by atoms with Crippen LogP contribution in [-0.4, -0.2) is 13.3 Å². The molecule has 8 heteroatoms. The molecule has 1 heterocycles. The van der Waals surface area contributed by atoms with Gasteiger partial charge in [0.25, 0.3) is 14.7 Å². The predicted octanol–water partition coefficient (Wildman–Crippen LogP) is 2.15. The fraction of sp³-hybridized carbons (Fsp3) is 0.333. The Hall–Kier alpha value is -0.660. The third kappa shape index (κ3) is 2.23. The lowest BCUT2D eigenvalue weighted by molar-refractivity contribution is -0.385. The van der Waals surface area contributed by atoms with Crippen LogP contribution in [0.25, 0.3) is 0 Å². The van der Waals surface area contributed by atoms with E-state index >= 15 is 0 Å². The number of halogens is 1. The summed E-state index contributed by atoms with van der Waals surface area (Å²) >= 11 is 0.833. The van der Waals surface area contributed by atoms with Gasteiger partial charge in [-0.25, -0.2) is 8.42 Å². The van der Waals surface area contributed by atoms with Gasteiger partial charge in [0.15, 0.2) is 0 Å². The molecule has 0 aliphatic rings. The van der Waals surface area contributed by atoms with Gasteiger partial charge in [-0.1, -0.05) is 6.92 Å². The van der Waals surface area contributed by atoms with E-state index < -0.39 is 14.0 Å². The molecule has 0 atom stereocenters. The maximum Gasteiger partial charge on any atom is 0.284 e. The van der Waals surface area contributed by atoms with E-state index in [0.29, 0.717) is 11.3 Å². The molecule has 0 aliphatic heterocycles. The van der Waals surface area contributed by atoms with E-state index in [0.717, 1.165) is 17.4 Å². The van der Waals surface area contributed by atoms with Gasteiger partial charge < -0.3 is 0 Å². The van der Waals surface area contributed by atoms with Crippen LogP contribution in [0.1, 0.15) is 11.8 Å². The Kier molecular flexibility index (Phi) is 3.13. The van der Waals surface area contributed by atoms with Crippen LogP contribution in [0.5, 0.6) is 0 Å². The summed E-state index contributed by atoms with van der Waals surface area (Å²) in [6, 6.07) is 0.992. The van der Waals surface area contributed by atoms with Gasteiger partial charge in [-0.2, -0.15) is 0 Å². The number of hydrogen-bond acceptors (Lipinski definition) is 5. The summed E-state index contributed by atoms with van der Waals surface area (Å²) in [4.78, 5) is 10.3. The van der Waals surface area contributed by atoms with Crippen molar-refractivity contribution >= 4 is 36.8 Å². The van der Waals surface area contributed by atoms with Gasteiger partial charge in [0.05, 0.1) is 9.80 Å². The van der Waals surface area contributed by atoms with Gasteiger partial charge in [-0.3, -0.25) is 10.1 Å². The summed E-state index contributed by atoms with van der Waals surface area (Å²) in [6.45, 7) is 1.71. The Morgan fingerprint density at radius 2 is 2.21 bits per heavy atom. The van der Waals surface area contributed by atoms with Gasteiger partial charge in [-0.15, -0.1) is 11.3 Å². The average molecular weight is 256 g/mol. The molecule has 0 aromatic carbocycles. The minimum atomic E-state index is -3.86. The van der Waals surface area contributed by atoms with Crippen molar-refractivity contribution in [3.8, 4) is 0 Å². The highest BCUT2D eigenvalue weighted by atomic mass is 35.7. The second-order valence-corrected chi connectivity index (χ2v) is 6.35. The lowest BCUT2D eigenvalue weighted by Gasteiger charge is -1.87. The van der Waals surface area contributed by atoms with E-state index in [2.05, 4.69) is 0 Å². The fourth-order valence-electron chi connectivity index (χ4n) is 0.923. The zero-order chi connectivity index (χ0) is 10.9. The van der Waals surface area contributed by atoms with Gasteiger partial charge in [0, 0.05) is 16.7 Å². The second-order valence-electron chi connectivity index (χ2n) is 2.42. The third-order valence-corrected chi connectivity index (χ3v) is 4.87. The number of aryl methyl sites for hydroxylation is 1. The van der Waals surface area contributed by atoms with E-state index in [4.69, 9.17) is 10.7 Å². The Balaban J connectivity index is 3.34. The molecule has 0 saturated carbocycles. The fourth-order valence-corrected chi connectivity index (χ4v) is 3.09. The van der Waals surface area contributed by atoms with Crippen LogP contribution in [-0.2, 0) is 15.5 Å². The first-order chi connectivity index (χ1) is 6.36. The third-order valence-electron chi connectivity index (χ3n) is 1.52. The molecular formula is C6H6ClNO4S2. The highest BCUT2D eigenvalue weighted by Gasteiger charge is 2.23. The number of nitrogens with zero attached hydrogens (tertiary/aromatic N) is 1. The summed E-state index contributed by atoms with van der Waals surface area (Å²) in [7, 11) is 1.20. The van der Waals surface area contributed by atoms with Gasteiger partial charge in [0.1, 0.15) is 4.21 Å². The summed E-state index contributed by atoms with van der Waals surface area (Å²) < 4.78 is 21.6. The maximum atomic E-state index is 10.9. The van der Waals surface area contributed by atoms with Crippen molar-refractivity contribution in [1.29, 1.82) is 0 Å². The number of hydrogen-bond donors (Lipinski definition) is 0. The van der Waals surface area contributed by atoms with Crippen molar-refractivity contribution in [3.05, 3.63) is 21.1 Å². The Morgan fingerprint density at radius 1 is 1.64 bits per heavy atom. The van der Waals surface area contributed by atoms with Crippen LogP contribution in [0, 0.1) is 10.1 Å². The quantitative estimate of drug-likeness (QED) is 0.471. The number of rotatable bonds is 3. The average Bonchev–Trinajstić information content (AvgIpc) is 2.45. The molecule has 0 bridgehead atoms. The van der Waals surface area contributed by atoms with Crippen LogP contribution < -0.4 is 0 Å². The van der Waals surface area contributed by atoms with Crippen molar-refractivity contribution in [2.75, 3.05) is 0 Å². The van der Waals surface area contributed by atoms with E-state index in [9.17, 15) is 18.5 Å². The first kappa shape index (κ1) is 11.4. The van der Waals surface area contributed by atoms with Gasteiger partial charge in [-0.05, 0) is 6.42 Å². The van der Waals surface area contributed by atoms with Crippen molar-refractivity contribution in [2.24, 2.45) is 0 Å². The van der Waals surface area contributed by atoms with Crippen LogP contribution in [0.3, 0.4) is 0 Å². The van der Waals surface area contributed by atoms with Crippen LogP contribution >= 0.6 is 22.0 Å². The van der Waals surface area contributed by atoms with Gasteiger partial charge in [0.2, 0.25) is 0 Å². The zero-order valence-corrected chi connectivity index (χ0v) is 9.45. The largest absolute Gasteiger partial charge is 0.284 e. The molecule has 0 unspecified atom stereocenters. The molecule has 1 aromatic rings. The summed E-state index contributed by atoms with van der Waals surface area (Å²) in [5, 5.41) is 10.5. The molecule has 5 nitrogen and oxygen atoms in total. The summed E-state index contributed by atoms with van der Waals surface area (Å²) in [6.07, 6.45) is 0.410. The van der Waals surface area contributed by atoms with Crippen molar-refractivity contribution < 1.29 is 13.3 Å². The molecule has 1 aromatic heterocycles. The first-order valence-corrected chi connectivity index (χ1v) is 6.70. The van der Waals surface area contributed by atoms with E-state index in [-0.39, 0.29) is 9.90 Å². The van der Waals surface area contributed by atoms with E-state index in [1.54, 1.807) is 6.92 Å². The highest BCUT2D eigenvalue weighted by Crippen LogP contribution is 2.33. The standard InChI is InChI=1S/C6H6ClNO4S2/c1-2-5-4(8(9)10)3-6(13-5)14(7,11)12/h3H,2H2,1H3. The normalized spacial score (nSPS) is 11.6. The minimum Gasteiger partial charge on any atom is -0.258 e. The Morgan fingerprint density at radius 3 is 2.50 bits per heavy atom. The number of nitro groups is 1. The molecule has 14 heavy (non-hydrogen) atoms. The molecule has 0 aliphatic carbocycles. The number of thiophene rings is 1. The molecule has 0 radical (unpaired) electrons. The molecule has 78 valence electrons. The molecule has 0 fully saturated rings. The van der Waals surface area contributed by atoms with E-state index in [1.165, 1.54) is 0 Å². The lowest BCUT2D eigenvalue weighted by Crippen LogP contribution is -1.88. The molecule has 0 N–H and O–H groups in total. The molecule has 0 saturated heterocycles. The smallest absolute Gasteiger partial charge is 0.258 e. The molecule has 0 amide bonds. The summed E-state index contributed by atoms with van der Waals surface area (Å²) in [5.74, 6) is 0. The topological polar surface area (TPSA) is 77.3 Å². The van der Waals surface area contributed by atoms with Crippen molar-refractivity contribution in [3.63, 3.8) is 0 Å². The first-order valence-electron chi connectivity index (χ1n) is 3.58. The Bertz CT molecular complexity index is 464. The Labute approximate surface area is 88.9 Å². The zero-order valence-electron chi connectivity index (χ0n) is 7.06. The molecule has 0 spiro atoms. The van der Waals surface area contributed by atoms with Crippen molar-refractivity contribution in [1.82, 2.24) is 0 Å². The van der Waals surface area contributed by atoms with Crippen LogP contribution in [0.4, 0.5) is 5.69 Å². The molecular weight excluding hydrogens is 250 g/mol. The lowest BCUT2D eigenvalue weighted by atomic mass is 10.3. The highest BCUT2D eigenvalue weighted by molar-refractivity contribution is 8.15. The van der Waals surface area contributed by atoms with Gasteiger partial charge >= 0.3 is 0 Å². The monoisotopic (exact) mass is 255 g/mol. The van der Waals surface area contributed by atoms with Crippen LogP contribution in [0.2, 0.25) is 0 Å². The SMILES string of the molecule is CCc1sc(S(=O)(=O)Cl)cc1[N+](=O)[O-]. The molecule has 1 rings (SSSR count).